The van der Waals surface area contributed by atoms with E-state index in [4.69, 9.17) is 0 Å². The lowest BCUT2D eigenvalue weighted by molar-refractivity contribution is -0.137. The molecule has 0 atom stereocenters. The normalized spacial score (nSPS) is 11.3. The quantitative estimate of drug-likeness (QED) is 0.608. The van der Waals surface area contributed by atoms with Gasteiger partial charge >= 0.3 is 6.18 Å². The van der Waals surface area contributed by atoms with Gasteiger partial charge in [0.2, 0.25) is 5.95 Å². The molecule has 1 aromatic heterocycles. The van der Waals surface area contributed by atoms with E-state index >= 15 is 0 Å². The summed E-state index contributed by atoms with van der Waals surface area (Å²) in [5, 5.41) is 5.82. The maximum Gasteiger partial charge on any atom is 0.416 e. The molecule has 134 valence electrons. The van der Waals surface area contributed by atoms with Crippen LogP contribution in [-0.4, -0.2) is 9.97 Å². The van der Waals surface area contributed by atoms with Crippen molar-refractivity contribution >= 4 is 23.1 Å². The van der Waals surface area contributed by atoms with Crippen molar-refractivity contribution in [3.63, 3.8) is 0 Å². The molecule has 0 spiro atoms. The molecule has 0 saturated carbocycles. The minimum Gasteiger partial charge on any atom is -0.340 e. The van der Waals surface area contributed by atoms with E-state index in [1.165, 1.54) is 24.3 Å². The zero-order valence-electron chi connectivity index (χ0n) is 13.6. The van der Waals surface area contributed by atoms with Crippen molar-refractivity contribution in [2.45, 2.75) is 13.1 Å². The number of nitrogens with one attached hydrogen (secondary N) is 2. The number of anilines is 4. The van der Waals surface area contributed by atoms with Crippen molar-refractivity contribution in [3.05, 3.63) is 71.7 Å². The highest BCUT2D eigenvalue weighted by molar-refractivity contribution is 5.60. The SMILES string of the molecule is Cc1cc(Nc2cccc(F)c2)nc(Nc2ccc(C(F)(F)F)cc2)n1. The van der Waals surface area contributed by atoms with Crippen LogP contribution in [-0.2, 0) is 6.18 Å². The maximum absolute atomic E-state index is 13.3. The lowest BCUT2D eigenvalue weighted by atomic mass is 10.2. The van der Waals surface area contributed by atoms with Crippen LogP contribution in [0.2, 0.25) is 0 Å². The summed E-state index contributed by atoms with van der Waals surface area (Å²) in [6.07, 6.45) is -4.39. The molecule has 4 nitrogen and oxygen atoms in total. The fourth-order valence-corrected chi connectivity index (χ4v) is 2.27. The van der Waals surface area contributed by atoms with Gasteiger partial charge in [0.1, 0.15) is 11.6 Å². The third kappa shape index (κ3) is 4.47. The Bertz CT molecular complexity index is 908. The molecule has 0 radical (unpaired) electrons. The highest BCUT2D eigenvalue weighted by atomic mass is 19.4. The molecule has 0 saturated heterocycles. The van der Waals surface area contributed by atoms with Gasteiger partial charge in [-0.2, -0.15) is 18.2 Å². The molecule has 0 unspecified atom stereocenters. The van der Waals surface area contributed by atoms with Crippen molar-refractivity contribution in [3.8, 4) is 0 Å². The first-order valence-corrected chi connectivity index (χ1v) is 7.62. The van der Waals surface area contributed by atoms with E-state index in [1.54, 1.807) is 25.1 Å². The summed E-state index contributed by atoms with van der Waals surface area (Å²) >= 11 is 0. The van der Waals surface area contributed by atoms with Crippen LogP contribution in [0.15, 0.2) is 54.6 Å². The molecule has 0 fully saturated rings. The molecule has 0 amide bonds. The van der Waals surface area contributed by atoms with Crippen LogP contribution in [0.4, 0.5) is 40.7 Å². The number of nitrogens with zero attached hydrogens (tertiary/aromatic N) is 2. The Morgan fingerprint density at radius 2 is 1.58 bits per heavy atom. The average Bonchev–Trinajstić information content (AvgIpc) is 2.54. The van der Waals surface area contributed by atoms with Crippen LogP contribution in [0.25, 0.3) is 0 Å². The van der Waals surface area contributed by atoms with Crippen molar-refractivity contribution < 1.29 is 17.6 Å². The van der Waals surface area contributed by atoms with E-state index in [1.807, 2.05) is 0 Å². The number of halogens is 4. The maximum atomic E-state index is 13.3. The fourth-order valence-electron chi connectivity index (χ4n) is 2.27. The van der Waals surface area contributed by atoms with Gasteiger partial charge in [0, 0.05) is 23.1 Å². The monoisotopic (exact) mass is 362 g/mol. The number of hydrogen-bond donors (Lipinski definition) is 2. The first-order chi connectivity index (χ1) is 12.3. The Labute approximate surface area is 146 Å². The van der Waals surface area contributed by atoms with Gasteiger partial charge in [-0.25, -0.2) is 9.37 Å². The molecule has 26 heavy (non-hydrogen) atoms. The summed E-state index contributed by atoms with van der Waals surface area (Å²) in [4.78, 5) is 8.45. The summed E-state index contributed by atoms with van der Waals surface area (Å²) in [6, 6.07) is 12.1. The van der Waals surface area contributed by atoms with Crippen molar-refractivity contribution in [1.82, 2.24) is 9.97 Å². The van der Waals surface area contributed by atoms with Gasteiger partial charge < -0.3 is 10.6 Å². The van der Waals surface area contributed by atoms with Gasteiger partial charge in [0.15, 0.2) is 0 Å². The van der Waals surface area contributed by atoms with Crippen LogP contribution in [0.5, 0.6) is 0 Å². The second-order valence-electron chi connectivity index (χ2n) is 5.55. The van der Waals surface area contributed by atoms with Crippen LogP contribution >= 0.6 is 0 Å². The van der Waals surface area contributed by atoms with E-state index in [-0.39, 0.29) is 11.8 Å². The van der Waals surface area contributed by atoms with Gasteiger partial charge in [-0.3, -0.25) is 0 Å². The molecule has 3 aromatic rings. The zero-order chi connectivity index (χ0) is 18.7. The van der Waals surface area contributed by atoms with E-state index in [0.29, 0.717) is 22.9 Å². The molecule has 2 N–H and O–H groups in total. The van der Waals surface area contributed by atoms with Gasteiger partial charge in [-0.1, -0.05) is 6.07 Å². The molecule has 0 bridgehead atoms. The minimum atomic E-state index is -4.39. The van der Waals surface area contributed by atoms with Crippen LogP contribution in [0.1, 0.15) is 11.3 Å². The molecule has 8 heteroatoms. The molecule has 2 aromatic carbocycles. The van der Waals surface area contributed by atoms with E-state index in [2.05, 4.69) is 20.6 Å². The van der Waals surface area contributed by atoms with Crippen molar-refractivity contribution in [2.24, 2.45) is 0 Å². The number of aromatic nitrogens is 2. The van der Waals surface area contributed by atoms with E-state index in [0.717, 1.165) is 12.1 Å². The number of aryl methyl sites for hydroxylation is 1. The van der Waals surface area contributed by atoms with Gasteiger partial charge in [-0.05, 0) is 49.4 Å². The lowest BCUT2D eigenvalue weighted by Crippen LogP contribution is -2.05. The number of rotatable bonds is 4. The topological polar surface area (TPSA) is 49.8 Å². The Hall–Kier alpha value is -3.16. The second kappa shape index (κ2) is 6.99. The number of benzene rings is 2. The highest BCUT2D eigenvalue weighted by Crippen LogP contribution is 2.30. The Morgan fingerprint density at radius 3 is 2.23 bits per heavy atom. The smallest absolute Gasteiger partial charge is 0.340 e. The third-order valence-electron chi connectivity index (χ3n) is 3.42. The van der Waals surface area contributed by atoms with Gasteiger partial charge in [0.05, 0.1) is 5.56 Å². The Balaban J connectivity index is 1.79. The van der Waals surface area contributed by atoms with Crippen molar-refractivity contribution in [2.75, 3.05) is 10.6 Å². The van der Waals surface area contributed by atoms with Crippen molar-refractivity contribution in [1.29, 1.82) is 0 Å². The second-order valence-corrected chi connectivity index (χ2v) is 5.55. The molecule has 0 aliphatic heterocycles. The molecular formula is C18H14F4N4. The first kappa shape index (κ1) is 17.7. The minimum absolute atomic E-state index is 0.212. The molecule has 3 rings (SSSR count). The Morgan fingerprint density at radius 1 is 0.846 bits per heavy atom. The summed E-state index contributed by atoms with van der Waals surface area (Å²) < 4.78 is 51.1. The van der Waals surface area contributed by atoms with E-state index < -0.39 is 11.7 Å². The van der Waals surface area contributed by atoms with Gasteiger partial charge in [-0.15, -0.1) is 0 Å². The summed E-state index contributed by atoms with van der Waals surface area (Å²) in [7, 11) is 0. The zero-order valence-corrected chi connectivity index (χ0v) is 13.6. The largest absolute Gasteiger partial charge is 0.416 e. The van der Waals surface area contributed by atoms with Crippen LogP contribution < -0.4 is 10.6 Å². The predicted octanol–water partition coefficient (Wildman–Crippen LogP) is 5.43. The van der Waals surface area contributed by atoms with Crippen LogP contribution in [0, 0.1) is 12.7 Å². The number of alkyl halides is 3. The van der Waals surface area contributed by atoms with E-state index in [9.17, 15) is 17.6 Å². The first-order valence-electron chi connectivity index (χ1n) is 7.62. The predicted molar refractivity (Wildman–Crippen MR) is 91.2 cm³/mol. The van der Waals surface area contributed by atoms with Gasteiger partial charge in [0.25, 0.3) is 0 Å². The number of hydrogen-bond acceptors (Lipinski definition) is 4. The molecular weight excluding hydrogens is 348 g/mol. The summed E-state index contributed by atoms with van der Waals surface area (Å²) in [6.45, 7) is 1.75. The molecule has 1 heterocycles. The fraction of sp³-hybridized carbons (Fsp3) is 0.111. The average molecular weight is 362 g/mol. The van der Waals surface area contributed by atoms with Crippen LogP contribution in [0.3, 0.4) is 0 Å². The lowest BCUT2D eigenvalue weighted by Gasteiger charge is -2.11. The summed E-state index contributed by atoms with van der Waals surface area (Å²) in [5.74, 6) is 0.255. The Kier molecular flexibility index (Phi) is 4.75. The standard InChI is InChI=1S/C18H14F4N4/c1-11-9-16(24-15-4-2-3-13(19)10-15)26-17(23-11)25-14-7-5-12(6-8-14)18(20,21)22/h2-10H,1H3,(H2,23,24,25,26). The molecule has 0 aliphatic rings. The highest BCUT2D eigenvalue weighted by Gasteiger charge is 2.29. The summed E-state index contributed by atoms with van der Waals surface area (Å²) in [5.41, 5.74) is 0.832. The molecule has 0 aliphatic carbocycles. The third-order valence-corrected chi connectivity index (χ3v) is 3.42.